The number of allylic oxidation sites excluding steroid dienone is 1. The maximum Gasteiger partial charge on any atom is 0.431 e. The zero-order valence-corrected chi connectivity index (χ0v) is 23.1. The maximum atomic E-state index is 13.2. The van der Waals surface area contributed by atoms with Crippen LogP contribution in [-0.2, 0) is 0 Å². The second-order valence-corrected chi connectivity index (χ2v) is 9.91. The van der Waals surface area contributed by atoms with E-state index in [0.717, 1.165) is 40.1 Å². The van der Waals surface area contributed by atoms with Crippen LogP contribution < -0.4 is 5.32 Å². The summed E-state index contributed by atoms with van der Waals surface area (Å²) < 4.78 is 51.1. The minimum Gasteiger partial charge on any atom is -0.385 e. The van der Waals surface area contributed by atoms with E-state index in [-0.39, 0.29) is 11.7 Å². The zero-order chi connectivity index (χ0) is 28.5. The van der Waals surface area contributed by atoms with Crippen LogP contribution in [0.4, 0.5) is 17.6 Å². The maximum absolute atomic E-state index is 13.2. The third-order valence-electron chi connectivity index (χ3n) is 6.50. The minimum atomic E-state index is -4.42. The van der Waals surface area contributed by atoms with E-state index in [9.17, 15) is 17.6 Å². The number of unbranched alkanes of at least 4 members (excludes halogenated alkanes) is 2. The lowest BCUT2D eigenvalue weighted by molar-refractivity contribution is -0.0592. The van der Waals surface area contributed by atoms with Crippen LogP contribution in [0.1, 0.15) is 74.3 Å². The van der Waals surface area contributed by atoms with Gasteiger partial charge in [0.05, 0.1) is 6.54 Å². The van der Waals surface area contributed by atoms with Gasteiger partial charge in [-0.25, -0.2) is 9.38 Å². The van der Waals surface area contributed by atoms with Gasteiger partial charge in [-0.15, -0.1) is 0 Å². The zero-order valence-electron chi connectivity index (χ0n) is 23.1. The fourth-order valence-corrected chi connectivity index (χ4v) is 3.78. The molecular weight excluding hydrogens is 490 g/mol. The Balaban J connectivity index is 0.000000352. The van der Waals surface area contributed by atoms with Gasteiger partial charge in [-0.2, -0.15) is 13.2 Å². The van der Waals surface area contributed by atoms with Crippen molar-refractivity contribution in [2.45, 2.75) is 66.5 Å². The minimum absolute atomic E-state index is 0.131. The summed E-state index contributed by atoms with van der Waals surface area (Å²) in [6, 6.07) is 10.6. The molecule has 1 unspecified atom stereocenters. The number of rotatable bonds is 10. The van der Waals surface area contributed by atoms with Crippen molar-refractivity contribution in [1.82, 2.24) is 5.32 Å². The predicted octanol–water partition coefficient (Wildman–Crippen LogP) is 8.70. The van der Waals surface area contributed by atoms with Gasteiger partial charge in [-0.05, 0) is 61.4 Å². The number of nitrogens with zero attached hydrogens (tertiary/aromatic N) is 2. The van der Waals surface area contributed by atoms with E-state index in [1.165, 1.54) is 31.7 Å². The summed E-state index contributed by atoms with van der Waals surface area (Å²) in [5.41, 5.74) is 4.94. The highest BCUT2D eigenvalue weighted by Crippen LogP contribution is 2.23. The predicted molar refractivity (Wildman–Crippen MR) is 152 cm³/mol. The smallest absolute Gasteiger partial charge is 0.385 e. The van der Waals surface area contributed by atoms with Crippen LogP contribution in [0.3, 0.4) is 0 Å². The molecule has 3 rings (SSSR count). The SMILES string of the molecule is C=C(C)c1cc(C)c(C)c(F)c1.C=C(NCC(C)CCCCC)c1ccc(C2=NCC(C(F)(F)F)=N2)cc1. The Labute approximate surface area is 224 Å². The van der Waals surface area contributed by atoms with Crippen LogP contribution in [0.5, 0.6) is 0 Å². The lowest BCUT2D eigenvalue weighted by Crippen LogP contribution is -2.23. The van der Waals surface area contributed by atoms with Gasteiger partial charge in [0.2, 0.25) is 0 Å². The Morgan fingerprint density at radius 1 is 1.05 bits per heavy atom. The quantitative estimate of drug-likeness (QED) is 0.243. The Bertz CT molecular complexity index is 1150. The molecule has 206 valence electrons. The summed E-state index contributed by atoms with van der Waals surface area (Å²) in [7, 11) is 0. The van der Waals surface area contributed by atoms with Crippen molar-refractivity contribution in [3.05, 3.63) is 83.2 Å². The lowest BCUT2D eigenvalue weighted by Gasteiger charge is -2.15. The summed E-state index contributed by atoms with van der Waals surface area (Å²) in [5.74, 6) is 0.556. The summed E-state index contributed by atoms with van der Waals surface area (Å²) >= 11 is 0. The molecule has 1 N–H and O–H groups in total. The highest BCUT2D eigenvalue weighted by atomic mass is 19.4. The standard InChI is InChI=1S/C20H26F3N3.C11H13F/c1-4-5-6-7-14(2)12-24-15(3)16-8-10-17(11-9-16)19-25-13-18(26-19)20(21,22)23;1-7(2)10-5-8(3)9(4)11(12)6-10/h8-11,14,24H,3-7,12-13H2,1-2H3;5-6H,1H2,2-4H3. The van der Waals surface area contributed by atoms with Gasteiger partial charge < -0.3 is 5.32 Å². The number of hydrogen-bond donors (Lipinski definition) is 1. The van der Waals surface area contributed by atoms with Crippen molar-refractivity contribution in [3.63, 3.8) is 0 Å². The lowest BCUT2D eigenvalue weighted by atomic mass is 10.0. The van der Waals surface area contributed by atoms with Crippen LogP contribution in [0.15, 0.2) is 59.5 Å². The number of aliphatic imine (C=N–C) groups is 2. The van der Waals surface area contributed by atoms with Gasteiger partial charge in [0.1, 0.15) is 11.5 Å². The average Bonchev–Trinajstić information content (AvgIpc) is 3.37. The third kappa shape index (κ3) is 9.26. The fraction of sp³-hybridized carbons (Fsp3) is 0.419. The summed E-state index contributed by atoms with van der Waals surface area (Å²) in [5, 5.41) is 3.34. The van der Waals surface area contributed by atoms with E-state index in [4.69, 9.17) is 0 Å². The second-order valence-electron chi connectivity index (χ2n) is 9.91. The molecule has 2 aromatic carbocycles. The van der Waals surface area contributed by atoms with Crippen molar-refractivity contribution in [2.75, 3.05) is 13.1 Å². The highest BCUT2D eigenvalue weighted by Gasteiger charge is 2.37. The molecule has 38 heavy (non-hydrogen) atoms. The van der Waals surface area contributed by atoms with Gasteiger partial charge >= 0.3 is 6.18 Å². The summed E-state index contributed by atoms with van der Waals surface area (Å²) in [4.78, 5) is 7.48. The molecule has 0 radical (unpaired) electrons. The molecular formula is C31H39F4N3. The topological polar surface area (TPSA) is 36.8 Å². The van der Waals surface area contributed by atoms with Crippen LogP contribution in [0, 0.1) is 25.6 Å². The largest absolute Gasteiger partial charge is 0.431 e. The molecule has 0 saturated heterocycles. The van der Waals surface area contributed by atoms with Crippen LogP contribution in [0.2, 0.25) is 0 Å². The summed E-state index contributed by atoms with van der Waals surface area (Å²) in [6.07, 6.45) is 0.487. The van der Waals surface area contributed by atoms with Crippen molar-refractivity contribution in [1.29, 1.82) is 0 Å². The van der Waals surface area contributed by atoms with E-state index < -0.39 is 18.4 Å². The number of hydrogen-bond acceptors (Lipinski definition) is 3. The van der Waals surface area contributed by atoms with Crippen molar-refractivity contribution in [3.8, 4) is 0 Å². The van der Waals surface area contributed by atoms with E-state index in [0.29, 0.717) is 11.5 Å². The van der Waals surface area contributed by atoms with Gasteiger partial charge in [0, 0.05) is 17.8 Å². The van der Waals surface area contributed by atoms with E-state index in [2.05, 4.69) is 42.3 Å². The molecule has 0 spiro atoms. The van der Waals surface area contributed by atoms with Crippen LogP contribution in [0.25, 0.3) is 11.3 Å². The molecule has 1 atom stereocenters. The first-order valence-electron chi connectivity index (χ1n) is 13.0. The van der Waals surface area contributed by atoms with E-state index >= 15 is 0 Å². The Morgan fingerprint density at radius 2 is 1.71 bits per heavy atom. The monoisotopic (exact) mass is 529 g/mol. The van der Waals surface area contributed by atoms with Crippen LogP contribution in [-0.4, -0.2) is 30.8 Å². The Hall–Kier alpha value is -3.22. The number of alkyl halides is 3. The molecule has 0 aromatic heterocycles. The molecule has 0 saturated carbocycles. The molecule has 1 heterocycles. The first kappa shape index (κ1) is 31.0. The Morgan fingerprint density at radius 3 is 2.24 bits per heavy atom. The molecule has 2 aromatic rings. The highest BCUT2D eigenvalue weighted by molar-refractivity contribution is 6.13. The summed E-state index contributed by atoms with van der Waals surface area (Å²) in [6.45, 7) is 18.2. The Kier molecular flexibility index (Phi) is 11.5. The van der Waals surface area contributed by atoms with Crippen molar-refractivity contribution < 1.29 is 17.6 Å². The molecule has 0 aliphatic carbocycles. The molecule has 3 nitrogen and oxygen atoms in total. The number of aryl methyl sites for hydroxylation is 1. The number of amidine groups is 1. The van der Waals surface area contributed by atoms with E-state index in [1.807, 2.05) is 32.0 Å². The van der Waals surface area contributed by atoms with E-state index in [1.54, 1.807) is 19.1 Å². The second kappa shape index (κ2) is 14.1. The molecule has 0 amide bonds. The molecule has 7 heteroatoms. The first-order valence-corrected chi connectivity index (χ1v) is 13.0. The fourth-order valence-electron chi connectivity index (χ4n) is 3.78. The van der Waals surface area contributed by atoms with Crippen molar-refractivity contribution >= 4 is 22.8 Å². The van der Waals surface area contributed by atoms with Gasteiger partial charge in [-0.3, -0.25) is 4.99 Å². The van der Waals surface area contributed by atoms with Gasteiger partial charge in [0.15, 0.2) is 5.84 Å². The molecule has 0 bridgehead atoms. The van der Waals surface area contributed by atoms with Crippen LogP contribution >= 0.6 is 0 Å². The third-order valence-corrected chi connectivity index (χ3v) is 6.50. The number of benzene rings is 2. The number of halogens is 4. The van der Waals surface area contributed by atoms with Crippen molar-refractivity contribution in [2.24, 2.45) is 15.9 Å². The van der Waals surface area contributed by atoms with Gasteiger partial charge in [-0.1, -0.05) is 82.2 Å². The molecule has 0 fully saturated rings. The molecule has 1 aliphatic heterocycles. The number of nitrogens with one attached hydrogen (secondary N) is 1. The first-order chi connectivity index (χ1) is 17.8. The normalized spacial score (nSPS) is 13.7. The van der Waals surface area contributed by atoms with Gasteiger partial charge in [0.25, 0.3) is 0 Å². The molecule has 1 aliphatic rings. The average molecular weight is 530 g/mol.